The standard InChI is InChI=1S/C23H31N5O4.3H2/c1-15-12-17(8-11-31-15)32-22(25)18-14-26-21(13-19(18)24)28-23(29)27-20(9-10-30-2)16-6-4-3-5-7-16;;;/h3-7,13-15,17,20,25H,8-12H2,1-2H3,(H4,24,26,27,28,29);3*1H/t15?,17?,20-;;;/m1.../s1. The molecule has 0 saturated carbocycles. The van der Waals surface area contributed by atoms with Crippen LogP contribution in [0, 0.1) is 5.41 Å². The molecule has 0 radical (unpaired) electrons. The number of hydrogen-bond acceptors (Lipinski definition) is 7. The Morgan fingerprint density at radius 2 is 2.19 bits per heavy atom. The predicted molar refractivity (Wildman–Crippen MR) is 129 cm³/mol. The highest BCUT2D eigenvalue weighted by atomic mass is 16.5. The van der Waals surface area contributed by atoms with Gasteiger partial charge in [0.25, 0.3) is 0 Å². The van der Waals surface area contributed by atoms with Gasteiger partial charge in [0.2, 0.25) is 5.90 Å². The highest BCUT2D eigenvalue weighted by Crippen LogP contribution is 2.22. The molecule has 9 heteroatoms. The molecule has 2 aromatic rings. The van der Waals surface area contributed by atoms with Crippen LogP contribution in [0.2, 0.25) is 0 Å². The quantitative estimate of drug-likeness (QED) is 0.354. The fraction of sp³-hybridized carbons (Fsp3) is 0.435. The van der Waals surface area contributed by atoms with E-state index in [9.17, 15) is 4.79 Å². The van der Waals surface area contributed by atoms with E-state index in [1.807, 2.05) is 37.3 Å². The first-order chi connectivity index (χ1) is 15.5. The highest BCUT2D eigenvalue weighted by Gasteiger charge is 2.23. The van der Waals surface area contributed by atoms with Crippen molar-refractivity contribution in [2.24, 2.45) is 0 Å². The normalized spacial score (nSPS) is 19.1. The van der Waals surface area contributed by atoms with E-state index >= 15 is 0 Å². The van der Waals surface area contributed by atoms with Crippen LogP contribution in [0.1, 0.15) is 47.6 Å². The molecule has 1 aliphatic rings. The van der Waals surface area contributed by atoms with Gasteiger partial charge < -0.3 is 25.3 Å². The molecule has 32 heavy (non-hydrogen) atoms. The number of carbonyl (C=O) groups is 1. The predicted octanol–water partition coefficient (Wildman–Crippen LogP) is 4.21. The molecule has 178 valence electrons. The van der Waals surface area contributed by atoms with Crippen LogP contribution in [0.15, 0.2) is 42.6 Å². The van der Waals surface area contributed by atoms with Gasteiger partial charge >= 0.3 is 6.03 Å². The third-order valence-corrected chi connectivity index (χ3v) is 5.26. The second-order valence-corrected chi connectivity index (χ2v) is 7.77. The van der Waals surface area contributed by atoms with E-state index in [1.165, 1.54) is 12.3 Å². The highest BCUT2D eigenvalue weighted by molar-refractivity contribution is 5.98. The molecule has 0 aliphatic carbocycles. The summed E-state index contributed by atoms with van der Waals surface area (Å²) in [5.41, 5.74) is 7.79. The van der Waals surface area contributed by atoms with Gasteiger partial charge in [-0.3, -0.25) is 10.7 Å². The number of nitrogen functional groups attached to an aromatic ring is 1. The van der Waals surface area contributed by atoms with Gasteiger partial charge in [0.15, 0.2) is 0 Å². The fourth-order valence-electron chi connectivity index (χ4n) is 3.58. The minimum atomic E-state index is -0.405. The van der Waals surface area contributed by atoms with Gasteiger partial charge in [-0.1, -0.05) is 30.3 Å². The number of amides is 2. The third-order valence-electron chi connectivity index (χ3n) is 5.26. The average Bonchev–Trinajstić information content (AvgIpc) is 2.77. The first-order valence-electron chi connectivity index (χ1n) is 10.7. The summed E-state index contributed by atoms with van der Waals surface area (Å²) in [7, 11) is 1.63. The second kappa shape index (κ2) is 11.4. The van der Waals surface area contributed by atoms with Gasteiger partial charge in [0.1, 0.15) is 11.9 Å². The number of hydrogen-bond donors (Lipinski definition) is 4. The molecule has 9 nitrogen and oxygen atoms in total. The molecule has 1 aliphatic heterocycles. The van der Waals surface area contributed by atoms with Crippen molar-refractivity contribution in [3.05, 3.63) is 53.7 Å². The number of anilines is 2. The van der Waals surface area contributed by atoms with Gasteiger partial charge in [0.05, 0.1) is 24.3 Å². The molecular formula is C23H37N5O4. The molecule has 0 spiro atoms. The minimum absolute atomic E-state index is 0. The van der Waals surface area contributed by atoms with Crippen LogP contribution in [0.5, 0.6) is 0 Å². The summed E-state index contributed by atoms with van der Waals surface area (Å²) in [5, 5.41) is 13.9. The molecule has 5 N–H and O–H groups in total. The van der Waals surface area contributed by atoms with Crippen LogP contribution in [-0.4, -0.2) is 49.4 Å². The smallest absolute Gasteiger partial charge is 0.320 e. The zero-order valence-electron chi connectivity index (χ0n) is 18.5. The van der Waals surface area contributed by atoms with Crippen LogP contribution in [0.25, 0.3) is 0 Å². The topological polar surface area (TPSA) is 132 Å². The summed E-state index contributed by atoms with van der Waals surface area (Å²) in [6, 6.07) is 10.6. The molecule has 2 amide bonds. The number of ether oxygens (including phenoxy) is 3. The summed E-state index contributed by atoms with van der Waals surface area (Å²) >= 11 is 0. The van der Waals surface area contributed by atoms with Crippen molar-refractivity contribution in [3.63, 3.8) is 0 Å². The van der Waals surface area contributed by atoms with Crippen molar-refractivity contribution in [2.75, 3.05) is 31.4 Å². The third kappa shape index (κ3) is 6.66. The molecule has 0 bridgehead atoms. The monoisotopic (exact) mass is 447 g/mol. The van der Waals surface area contributed by atoms with Gasteiger partial charge in [0, 0.05) is 48.8 Å². The summed E-state index contributed by atoms with van der Waals surface area (Å²) in [6.45, 7) is 3.10. The maximum absolute atomic E-state index is 12.6. The molecule has 2 unspecified atom stereocenters. The van der Waals surface area contributed by atoms with Crippen LogP contribution in [-0.2, 0) is 14.2 Å². The zero-order valence-corrected chi connectivity index (χ0v) is 18.5. The summed E-state index contributed by atoms with van der Waals surface area (Å²) in [6.07, 6.45) is 3.53. The molecule has 1 aromatic carbocycles. The summed E-state index contributed by atoms with van der Waals surface area (Å²) in [5.74, 6) is 0.253. The molecule has 3 rings (SSSR count). The number of nitrogens with zero attached hydrogens (tertiary/aromatic N) is 1. The Hall–Kier alpha value is -3.17. The van der Waals surface area contributed by atoms with E-state index in [0.717, 1.165) is 18.4 Å². The van der Waals surface area contributed by atoms with Crippen LogP contribution >= 0.6 is 0 Å². The van der Waals surface area contributed by atoms with Crippen LogP contribution < -0.4 is 16.4 Å². The zero-order chi connectivity index (χ0) is 22.9. The van der Waals surface area contributed by atoms with E-state index in [0.29, 0.717) is 30.9 Å². The SMILES string of the molecule is COCC[C@@H](NC(=O)Nc1cc(N)c(C(=N)OC2CCOC(C)C2)cn1)c1ccccc1.[HH].[HH].[HH]. The maximum atomic E-state index is 12.6. The Kier molecular flexibility index (Phi) is 8.41. The number of benzene rings is 1. The Morgan fingerprint density at radius 1 is 1.41 bits per heavy atom. The van der Waals surface area contributed by atoms with Crippen molar-refractivity contribution >= 4 is 23.4 Å². The van der Waals surface area contributed by atoms with Gasteiger partial charge in [-0.2, -0.15) is 0 Å². The van der Waals surface area contributed by atoms with Gasteiger partial charge in [-0.15, -0.1) is 0 Å². The fourth-order valence-corrected chi connectivity index (χ4v) is 3.58. The van der Waals surface area contributed by atoms with Gasteiger partial charge in [-0.05, 0) is 18.9 Å². The van der Waals surface area contributed by atoms with Crippen molar-refractivity contribution in [2.45, 2.75) is 44.4 Å². The van der Waals surface area contributed by atoms with Gasteiger partial charge in [-0.25, -0.2) is 9.78 Å². The number of nitrogens with one attached hydrogen (secondary N) is 3. The van der Waals surface area contributed by atoms with Crippen molar-refractivity contribution in [1.82, 2.24) is 10.3 Å². The lowest BCUT2D eigenvalue weighted by atomic mass is 10.0. The Labute approximate surface area is 192 Å². The number of rotatable bonds is 8. The number of aromatic nitrogens is 1. The Bertz CT molecular complexity index is 923. The Balaban J connectivity index is 0.00000385. The van der Waals surface area contributed by atoms with Crippen LogP contribution in [0.4, 0.5) is 16.3 Å². The number of methoxy groups -OCH3 is 1. The number of pyridine rings is 1. The second-order valence-electron chi connectivity index (χ2n) is 7.77. The van der Waals surface area contributed by atoms with Crippen molar-refractivity contribution < 1.29 is 23.3 Å². The number of carbonyl (C=O) groups excluding carboxylic acids is 1. The van der Waals surface area contributed by atoms with E-state index in [2.05, 4.69) is 15.6 Å². The number of urea groups is 1. The molecule has 1 saturated heterocycles. The molecule has 2 heterocycles. The van der Waals surface area contributed by atoms with Crippen LogP contribution in [0.3, 0.4) is 0 Å². The lowest BCUT2D eigenvalue weighted by Gasteiger charge is -2.28. The van der Waals surface area contributed by atoms with Crippen molar-refractivity contribution in [3.8, 4) is 0 Å². The number of nitrogens with two attached hydrogens (primary N) is 1. The molecular weight excluding hydrogens is 410 g/mol. The largest absolute Gasteiger partial charge is 0.474 e. The van der Waals surface area contributed by atoms with Crippen molar-refractivity contribution in [1.29, 1.82) is 5.41 Å². The lowest BCUT2D eigenvalue weighted by molar-refractivity contribution is -0.0291. The molecule has 1 aromatic heterocycles. The average molecular weight is 448 g/mol. The Morgan fingerprint density at radius 3 is 2.88 bits per heavy atom. The summed E-state index contributed by atoms with van der Waals surface area (Å²) in [4.78, 5) is 16.8. The molecule has 1 fully saturated rings. The maximum Gasteiger partial charge on any atom is 0.320 e. The van der Waals surface area contributed by atoms with E-state index in [-0.39, 0.29) is 34.2 Å². The first-order valence-corrected chi connectivity index (χ1v) is 10.7. The lowest BCUT2D eigenvalue weighted by Crippen LogP contribution is -2.33. The first kappa shape index (κ1) is 23.5. The van der Waals surface area contributed by atoms with E-state index < -0.39 is 6.03 Å². The summed E-state index contributed by atoms with van der Waals surface area (Å²) < 4.78 is 16.4. The molecule has 3 atom stereocenters. The van der Waals surface area contributed by atoms with E-state index in [4.69, 9.17) is 25.4 Å². The minimum Gasteiger partial charge on any atom is -0.474 e. The van der Waals surface area contributed by atoms with E-state index in [1.54, 1.807) is 7.11 Å².